The molecule has 3 N–H and O–H groups in total. The summed E-state index contributed by atoms with van der Waals surface area (Å²) in [6.07, 6.45) is 0. The topological polar surface area (TPSA) is 77.0 Å². The molecule has 90 valence electrons. The highest BCUT2D eigenvalue weighted by Gasteiger charge is 2.10. The van der Waals surface area contributed by atoms with Crippen LogP contribution in [0.1, 0.15) is 5.69 Å². The fourth-order valence-corrected chi connectivity index (χ4v) is 1.84. The Morgan fingerprint density at radius 3 is 2.78 bits per heavy atom. The lowest BCUT2D eigenvalue weighted by Crippen LogP contribution is -2.09. The van der Waals surface area contributed by atoms with Gasteiger partial charge in [0.1, 0.15) is 11.4 Å². The lowest BCUT2D eigenvalue weighted by atomic mass is 10.2. The summed E-state index contributed by atoms with van der Waals surface area (Å²) in [5.41, 5.74) is 4.17. The molecule has 0 aliphatic heterocycles. The van der Waals surface area contributed by atoms with Crippen LogP contribution in [0.5, 0.6) is 0 Å². The van der Waals surface area contributed by atoms with Gasteiger partial charge in [0.2, 0.25) is 0 Å². The average Bonchev–Trinajstić information content (AvgIpc) is 2.81. The maximum Gasteiger partial charge on any atom is 0.197 e. The Kier molecular flexibility index (Phi) is 2.46. The van der Waals surface area contributed by atoms with Crippen molar-refractivity contribution < 1.29 is 4.42 Å². The Morgan fingerprint density at radius 1 is 1.17 bits per heavy atom. The van der Waals surface area contributed by atoms with E-state index in [1.165, 1.54) is 0 Å². The molecule has 0 radical (unpaired) electrons. The molecule has 0 aliphatic rings. The second-order valence-electron chi connectivity index (χ2n) is 4.01. The summed E-state index contributed by atoms with van der Waals surface area (Å²) in [7, 11) is 0. The number of aromatic nitrogens is 2. The maximum absolute atomic E-state index is 5.71. The monoisotopic (exact) mass is 240 g/mol. The van der Waals surface area contributed by atoms with Crippen molar-refractivity contribution in [2.45, 2.75) is 6.92 Å². The SMILES string of the molecule is Cc1cc(NN)nc(-c2cc3ccccc3o2)n1. The second kappa shape index (κ2) is 4.12. The van der Waals surface area contributed by atoms with Gasteiger partial charge in [-0.15, -0.1) is 0 Å². The summed E-state index contributed by atoms with van der Waals surface area (Å²) < 4.78 is 5.71. The van der Waals surface area contributed by atoms with Gasteiger partial charge in [0.25, 0.3) is 0 Å². The lowest BCUT2D eigenvalue weighted by Gasteiger charge is -2.02. The van der Waals surface area contributed by atoms with Crippen LogP contribution in [0.4, 0.5) is 5.82 Å². The van der Waals surface area contributed by atoms with Crippen LogP contribution in [0.3, 0.4) is 0 Å². The van der Waals surface area contributed by atoms with E-state index in [1.54, 1.807) is 6.07 Å². The van der Waals surface area contributed by atoms with E-state index in [1.807, 2.05) is 37.3 Å². The van der Waals surface area contributed by atoms with Crippen LogP contribution < -0.4 is 11.3 Å². The Morgan fingerprint density at radius 2 is 2.00 bits per heavy atom. The normalized spacial score (nSPS) is 10.8. The lowest BCUT2D eigenvalue weighted by molar-refractivity contribution is 0.625. The van der Waals surface area contributed by atoms with Crippen LogP contribution >= 0.6 is 0 Å². The third-order valence-corrected chi connectivity index (χ3v) is 2.65. The molecule has 0 aliphatic carbocycles. The zero-order valence-corrected chi connectivity index (χ0v) is 9.84. The Bertz CT molecular complexity index is 672. The number of para-hydroxylation sites is 1. The molecule has 0 amide bonds. The summed E-state index contributed by atoms with van der Waals surface area (Å²) in [5, 5.41) is 1.03. The van der Waals surface area contributed by atoms with Gasteiger partial charge in [0.15, 0.2) is 11.6 Å². The number of benzene rings is 1. The van der Waals surface area contributed by atoms with Crippen molar-refractivity contribution >= 4 is 16.8 Å². The number of hydrogen-bond acceptors (Lipinski definition) is 5. The van der Waals surface area contributed by atoms with Crippen molar-refractivity contribution in [3.05, 3.63) is 42.1 Å². The van der Waals surface area contributed by atoms with Gasteiger partial charge in [-0.3, -0.25) is 0 Å². The van der Waals surface area contributed by atoms with Crippen LogP contribution in [0.2, 0.25) is 0 Å². The van der Waals surface area contributed by atoms with Crippen molar-refractivity contribution in [1.82, 2.24) is 9.97 Å². The Labute approximate surface area is 104 Å². The second-order valence-corrected chi connectivity index (χ2v) is 4.01. The van der Waals surface area contributed by atoms with E-state index in [9.17, 15) is 0 Å². The molecule has 0 atom stereocenters. The Hall–Kier alpha value is -2.40. The van der Waals surface area contributed by atoms with E-state index in [-0.39, 0.29) is 0 Å². The first-order valence-electron chi connectivity index (χ1n) is 5.57. The molecule has 0 bridgehead atoms. The molecule has 0 saturated carbocycles. The number of aryl methyl sites for hydroxylation is 1. The van der Waals surface area contributed by atoms with Crippen molar-refractivity contribution in [3.63, 3.8) is 0 Å². The molecule has 5 nitrogen and oxygen atoms in total. The summed E-state index contributed by atoms with van der Waals surface area (Å²) in [4.78, 5) is 8.62. The third kappa shape index (κ3) is 1.80. The number of hydrogen-bond donors (Lipinski definition) is 2. The van der Waals surface area contributed by atoms with Gasteiger partial charge >= 0.3 is 0 Å². The minimum Gasteiger partial charge on any atom is -0.453 e. The summed E-state index contributed by atoms with van der Waals surface area (Å²) in [6.45, 7) is 1.88. The van der Waals surface area contributed by atoms with Gasteiger partial charge in [-0.05, 0) is 19.1 Å². The fourth-order valence-electron chi connectivity index (χ4n) is 1.84. The molecule has 2 heterocycles. The van der Waals surface area contributed by atoms with E-state index in [0.717, 1.165) is 16.7 Å². The molecule has 3 aromatic rings. The third-order valence-electron chi connectivity index (χ3n) is 2.65. The minimum atomic E-state index is 0.527. The first-order valence-corrected chi connectivity index (χ1v) is 5.57. The van der Waals surface area contributed by atoms with Gasteiger partial charge in [-0.1, -0.05) is 18.2 Å². The number of rotatable bonds is 2. The van der Waals surface area contributed by atoms with Crippen molar-refractivity contribution in [3.8, 4) is 11.6 Å². The number of nitrogen functional groups attached to an aromatic ring is 1. The predicted octanol–water partition coefficient (Wildman–Crippen LogP) is 2.48. The molecular weight excluding hydrogens is 228 g/mol. The standard InChI is InChI=1S/C13H12N4O/c1-8-6-12(17-14)16-13(15-8)11-7-9-4-2-3-5-10(9)18-11/h2-7H,14H2,1H3,(H,15,16,17). The number of anilines is 1. The summed E-state index contributed by atoms with van der Waals surface area (Å²) in [6, 6.07) is 11.5. The first kappa shape index (κ1) is 10.7. The molecule has 0 unspecified atom stereocenters. The highest BCUT2D eigenvalue weighted by molar-refractivity contribution is 5.81. The number of nitrogens with two attached hydrogens (primary N) is 1. The maximum atomic E-state index is 5.71. The van der Waals surface area contributed by atoms with Crippen LogP contribution in [-0.4, -0.2) is 9.97 Å². The van der Waals surface area contributed by atoms with E-state index < -0.39 is 0 Å². The molecule has 0 saturated heterocycles. The van der Waals surface area contributed by atoms with Crippen molar-refractivity contribution in [2.24, 2.45) is 5.84 Å². The summed E-state index contributed by atoms with van der Waals surface area (Å²) >= 11 is 0. The molecule has 1 aromatic carbocycles. The zero-order valence-electron chi connectivity index (χ0n) is 9.84. The molecular formula is C13H12N4O. The highest BCUT2D eigenvalue weighted by atomic mass is 16.3. The molecule has 2 aromatic heterocycles. The van der Waals surface area contributed by atoms with E-state index in [0.29, 0.717) is 17.4 Å². The van der Waals surface area contributed by atoms with Gasteiger partial charge in [-0.2, -0.15) is 0 Å². The number of hydrazine groups is 1. The molecule has 0 fully saturated rings. The smallest absolute Gasteiger partial charge is 0.197 e. The zero-order chi connectivity index (χ0) is 12.5. The quantitative estimate of drug-likeness (QED) is 0.531. The van der Waals surface area contributed by atoms with Gasteiger partial charge in [-0.25, -0.2) is 15.8 Å². The number of fused-ring (bicyclic) bond motifs is 1. The van der Waals surface area contributed by atoms with Gasteiger partial charge in [0.05, 0.1) is 0 Å². The Balaban J connectivity index is 2.16. The van der Waals surface area contributed by atoms with E-state index >= 15 is 0 Å². The van der Waals surface area contributed by atoms with Crippen LogP contribution in [-0.2, 0) is 0 Å². The first-order chi connectivity index (χ1) is 8.76. The molecule has 18 heavy (non-hydrogen) atoms. The van der Waals surface area contributed by atoms with E-state index in [2.05, 4.69) is 15.4 Å². The van der Waals surface area contributed by atoms with Crippen LogP contribution in [0.25, 0.3) is 22.6 Å². The van der Waals surface area contributed by atoms with Gasteiger partial charge < -0.3 is 9.84 Å². The predicted molar refractivity (Wildman–Crippen MR) is 69.8 cm³/mol. The molecule has 5 heteroatoms. The average molecular weight is 240 g/mol. The highest BCUT2D eigenvalue weighted by Crippen LogP contribution is 2.26. The fraction of sp³-hybridized carbons (Fsp3) is 0.0769. The van der Waals surface area contributed by atoms with Crippen molar-refractivity contribution in [1.29, 1.82) is 0 Å². The minimum absolute atomic E-state index is 0.527. The largest absolute Gasteiger partial charge is 0.453 e. The number of nitrogens with one attached hydrogen (secondary N) is 1. The van der Waals surface area contributed by atoms with E-state index in [4.69, 9.17) is 10.3 Å². The number of nitrogens with zero attached hydrogens (tertiary/aromatic N) is 2. The van der Waals surface area contributed by atoms with Crippen LogP contribution in [0.15, 0.2) is 40.8 Å². The van der Waals surface area contributed by atoms with Gasteiger partial charge in [0, 0.05) is 17.1 Å². The van der Waals surface area contributed by atoms with Crippen LogP contribution in [0, 0.1) is 6.92 Å². The number of furan rings is 1. The summed E-state index contributed by atoms with van der Waals surface area (Å²) in [5.74, 6) is 7.10. The molecule has 0 spiro atoms. The molecule has 3 rings (SSSR count). The van der Waals surface area contributed by atoms with Crippen molar-refractivity contribution in [2.75, 3.05) is 5.43 Å².